The third-order valence-electron chi connectivity index (χ3n) is 6.88. The second kappa shape index (κ2) is 9.86. The summed E-state index contributed by atoms with van der Waals surface area (Å²) < 4.78 is 0. The number of rotatable bonds is 5. The molecule has 0 saturated heterocycles. The van der Waals surface area contributed by atoms with Gasteiger partial charge < -0.3 is 15.2 Å². The molecule has 1 heterocycles. The molecule has 168 valence electrons. The van der Waals surface area contributed by atoms with Crippen LogP contribution in [0.5, 0.6) is 0 Å². The number of pyridine rings is 1. The van der Waals surface area contributed by atoms with E-state index >= 15 is 0 Å². The van der Waals surface area contributed by atoms with Gasteiger partial charge in [-0.1, -0.05) is 61.7 Å². The first-order chi connectivity index (χ1) is 15.4. The molecule has 2 aromatic carbocycles. The zero-order chi connectivity index (χ0) is 22.7. The van der Waals surface area contributed by atoms with E-state index in [-0.39, 0.29) is 11.6 Å². The molecule has 3 aromatic rings. The summed E-state index contributed by atoms with van der Waals surface area (Å²) in [6.07, 6.45) is 5.94. The molecular formula is C27H33N3OS. The van der Waals surface area contributed by atoms with Gasteiger partial charge in [-0.05, 0) is 74.0 Å². The number of hydrogen-bond acceptors (Lipinski definition) is 2. The number of fused-ring (bicyclic) bond motifs is 1. The van der Waals surface area contributed by atoms with E-state index in [1.54, 1.807) is 0 Å². The number of H-pyrrole nitrogens is 1. The molecule has 5 heteroatoms. The fourth-order valence-corrected chi connectivity index (χ4v) is 5.11. The number of aromatic nitrogens is 1. The first kappa shape index (κ1) is 22.5. The van der Waals surface area contributed by atoms with E-state index in [4.69, 9.17) is 12.2 Å². The van der Waals surface area contributed by atoms with Crippen molar-refractivity contribution < 1.29 is 0 Å². The molecule has 4 rings (SSSR count). The first-order valence-electron chi connectivity index (χ1n) is 11.7. The second-order valence-corrected chi connectivity index (χ2v) is 9.48. The molecule has 0 aliphatic heterocycles. The predicted molar refractivity (Wildman–Crippen MR) is 137 cm³/mol. The Balaban J connectivity index is 1.62. The Bertz CT molecular complexity index is 1150. The molecule has 1 saturated carbocycles. The smallest absolute Gasteiger partial charge is 0.253 e. The lowest BCUT2D eigenvalue weighted by Gasteiger charge is -2.37. The highest BCUT2D eigenvalue weighted by Gasteiger charge is 2.25. The summed E-state index contributed by atoms with van der Waals surface area (Å²) in [6.45, 7) is 6.79. The topological polar surface area (TPSA) is 48.1 Å². The number of hydrogen-bond donors (Lipinski definition) is 2. The van der Waals surface area contributed by atoms with Crippen LogP contribution >= 0.6 is 12.2 Å². The highest BCUT2D eigenvalue weighted by Crippen LogP contribution is 2.26. The van der Waals surface area contributed by atoms with Crippen LogP contribution in [0.1, 0.15) is 67.3 Å². The molecule has 2 N–H and O–H groups in total. The van der Waals surface area contributed by atoms with Gasteiger partial charge >= 0.3 is 0 Å². The van der Waals surface area contributed by atoms with Gasteiger partial charge in [0.1, 0.15) is 0 Å². The van der Waals surface area contributed by atoms with Crippen molar-refractivity contribution in [1.29, 1.82) is 0 Å². The van der Waals surface area contributed by atoms with Gasteiger partial charge in [0.25, 0.3) is 5.56 Å². The van der Waals surface area contributed by atoms with Crippen molar-refractivity contribution in [2.75, 3.05) is 0 Å². The van der Waals surface area contributed by atoms with Gasteiger partial charge in [0, 0.05) is 11.6 Å². The van der Waals surface area contributed by atoms with Gasteiger partial charge in [-0.25, -0.2) is 0 Å². The molecule has 4 nitrogen and oxygen atoms in total. The molecule has 32 heavy (non-hydrogen) atoms. The minimum absolute atomic E-state index is 0.0223. The van der Waals surface area contributed by atoms with Crippen LogP contribution in [-0.2, 0) is 6.54 Å². The van der Waals surface area contributed by atoms with Crippen LogP contribution in [0.3, 0.4) is 0 Å². The highest BCUT2D eigenvalue weighted by atomic mass is 32.1. The molecule has 0 unspecified atom stereocenters. The Hall–Kier alpha value is -2.66. The molecular weight excluding hydrogens is 414 g/mol. The molecule has 1 aliphatic rings. The van der Waals surface area contributed by atoms with E-state index in [9.17, 15) is 4.79 Å². The van der Waals surface area contributed by atoms with E-state index in [1.807, 2.05) is 24.3 Å². The van der Waals surface area contributed by atoms with Crippen LogP contribution in [0.15, 0.2) is 53.3 Å². The molecule has 1 atom stereocenters. The third-order valence-corrected chi connectivity index (χ3v) is 7.24. The van der Waals surface area contributed by atoms with Crippen LogP contribution < -0.4 is 10.9 Å². The Kier molecular flexibility index (Phi) is 6.95. The van der Waals surface area contributed by atoms with Gasteiger partial charge in [0.2, 0.25) is 0 Å². The minimum atomic E-state index is -0.0223. The van der Waals surface area contributed by atoms with Crippen molar-refractivity contribution >= 4 is 28.2 Å². The normalized spacial score (nSPS) is 15.5. The Morgan fingerprint density at radius 1 is 1.12 bits per heavy atom. The summed E-state index contributed by atoms with van der Waals surface area (Å²) in [5, 5.41) is 5.33. The van der Waals surface area contributed by atoms with Crippen molar-refractivity contribution in [1.82, 2.24) is 15.2 Å². The SMILES string of the molecule is Cc1ccc2cc(CN(C(=S)N[C@H](C)c3ccccc3)C3CCCCC3)c(=O)[nH]c2c1C. The summed E-state index contributed by atoms with van der Waals surface area (Å²) in [7, 11) is 0. The zero-order valence-electron chi connectivity index (χ0n) is 19.3. The van der Waals surface area contributed by atoms with E-state index in [2.05, 4.69) is 60.2 Å². The zero-order valence-corrected chi connectivity index (χ0v) is 20.1. The van der Waals surface area contributed by atoms with E-state index in [0.717, 1.165) is 40.0 Å². The van der Waals surface area contributed by atoms with Crippen LogP contribution in [0.2, 0.25) is 0 Å². The van der Waals surface area contributed by atoms with Crippen molar-refractivity contribution in [3.05, 3.63) is 81.1 Å². The number of thiocarbonyl (C=S) groups is 1. The van der Waals surface area contributed by atoms with Crippen molar-refractivity contribution in [3.63, 3.8) is 0 Å². The van der Waals surface area contributed by atoms with Gasteiger partial charge in [-0.3, -0.25) is 4.79 Å². The molecule has 1 aromatic heterocycles. The fraction of sp³-hybridized carbons (Fsp3) is 0.407. The lowest BCUT2D eigenvalue weighted by atomic mass is 9.94. The molecule has 0 radical (unpaired) electrons. The molecule has 0 bridgehead atoms. The predicted octanol–water partition coefficient (Wildman–Crippen LogP) is 5.92. The van der Waals surface area contributed by atoms with E-state index < -0.39 is 0 Å². The summed E-state index contributed by atoms with van der Waals surface area (Å²) in [5.74, 6) is 0. The summed E-state index contributed by atoms with van der Waals surface area (Å²) in [5.41, 5.74) is 5.19. The molecule has 1 fully saturated rings. The van der Waals surface area contributed by atoms with Crippen LogP contribution in [0.25, 0.3) is 10.9 Å². The van der Waals surface area contributed by atoms with Crippen LogP contribution in [0.4, 0.5) is 0 Å². The maximum absolute atomic E-state index is 13.0. The largest absolute Gasteiger partial charge is 0.356 e. The van der Waals surface area contributed by atoms with Gasteiger partial charge in [-0.15, -0.1) is 0 Å². The maximum Gasteiger partial charge on any atom is 0.253 e. The summed E-state index contributed by atoms with van der Waals surface area (Å²) >= 11 is 5.91. The Morgan fingerprint density at radius 3 is 2.56 bits per heavy atom. The number of aryl methyl sites for hydroxylation is 2. The lowest BCUT2D eigenvalue weighted by molar-refractivity contribution is 0.233. The number of benzene rings is 2. The summed E-state index contributed by atoms with van der Waals surface area (Å²) in [4.78, 5) is 18.4. The number of nitrogens with zero attached hydrogens (tertiary/aromatic N) is 1. The summed E-state index contributed by atoms with van der Waals surface area (Å²) in [6, 6.07) is 17.1. The Labute approximate surface area is 196 Å². The minimum Gasteiger partial charge on any atom is -0.356 e. The average molecular weight is 448 g/mol. The molecule has 1 aliphatic carbocycles. The third kappa shape index (κ3) is 4.88. The van der Waals surface area contributed by atoms with Gasteiger partial charge in [0.15, 0.2) is 5.11 Å². The average Bonchev–Trinajstić information content (AvgIpc) is 2.81. The fourth-order valence-electron chi connectivity index (χ4n) is 4.72. The quantitative estimate of drug-likeness (QED) is 0.477. The van der Waals surface area contributed by atoms with Crippen molar-refractivity contribution in [2.45, 2.75) is 71.5 Å². The molecule has 0 spiro atoms. The van der Waals surface area contributed by atoms with Crippen molar-refractivity contribution in [2.24, 2.45) is 0 Å². The number of aromatic amines is 1. The van der Waals surface area contributed by atoms with E-state index in [0.29, 0.717) is 12.6 Å². The Morgan fingerprint density at radius 2 is 1.84 bits per heavy atom. The standard InChI is InChI=1S/C27H33N3OS/c1-18-14-15-22-16-23(26(31)29-25(22)19(18)2)17-30(24-12-8-5-9-13-24)27(32)28-20(3)21-10-6-4-7-11-21/h4,6-7,10-11,14-16,20,24H,5,8-9,12-13,17H2,1-3H3,(H,28,32)(H,29,31)/t20-/m1/s1. The van der Waals surface area contributed by atoms with E-state index in [1.165, 1.54) is 30.4 Å². The van der Waals surface area contributed by atoms with Crippen LogP contribution in [0, 0.1) is 13.8 Å². The first-order valence-corrected chi connectivity index (χ1v) is 12.1. The molecule has 0 amide bonds. The van der Waals surface area contributed by atoms with Crippen molar-refractivity contribution in [3.8, 4) is 0 Å². The van der Waals surface area contributed by atoms with Gasteiger partial charge in [-0.2, -0.15) is 0 Å². The highest BCUT2D eigenvalue weighted by molar-refractivity contribution is 7.80. The lowest BCUT2D eigenvalue weighted by Crippen LogP contribution is -2.47. The van der Waals surface area contributed by atoms with Gasteiger partial charge in [0.05, 0.1) is 18.1 Å². The number of nitrogens with one attached hydrogen (secondary N) is 2. The monoisotopic (exact) mass is 447 g/mol. The maximum atomic E-state index is 13.0. The van der Waals surface area contributed by atoms with Crippen LogP contribution in [-0.4, -0.2) is 21.0 Å². The second-order valence-electron chi connectivity index (χ2n) is 9.10.